The molecule has 0 heterocycles. The minimum absolute atomic E-state index is 0.0855. The molecule has 0 aromatic carbocycles. The van der Waals surface area contributed by atoms with Gasteiger partial charge < -0.3 is 15.4 Å². The Bertz CT molecular complexity index is 198. The SMILES string of the molecule is CCCC(C)NC(=O)C(C)NCCCOCC. The molecule has 102 valence electrons. The van der Waals surface area contributed by atoms with Gasteiger partial charge >= 0.3 is 0 Å². The van der Waals surface area contributed by atoms with Gasteiger partial charge in [0.15, 0.2) is 0 Å². The molecule has 1 amide bonds. The fourth-order valence-electron chi connectivity index (χ4n) is 1.60. The molecule has 0 radical (unpaired) electrons. The number of carbonyl (C=O) groups excluding carboxylic acids is 1. The summed E-state index contributed by atoms with van der Waals surface area (Å²) in [5, 5.41) is 6.20. The van der Waals surface area contributed by atoms with E-state index in [1.54, 1.807) is 0 Å². The summed E-state index contributed by atoms with van der Waals surface area (Å²) in [5.41, 5.74) is 0. The van der Waals surface area contributed by atoms with E-state index in [4.69, 9.17) is 4.74 Å². The van der Waals surface area contributed by atoms with Crippen molar-refractivity contribution in [1.82, 2.24) is 10.6 Å². The zero-order valence-corrected chi connectivity index (χ0v) is 11.7. The summed E-state index contributed by atoms with van der Waals surface area (Å²) in [4.78, 5) is 11.7. The molecular formula is C13H28N2O2. The second kappa shape index (κ2) is 10.5. The smallest absolute Gasteiger partial charge is 0.237 e. The number of hydrogen-bond acceptors (Lipinski definition) is 3. The molecule has 4 heteroatoms. The topological polar surface area (TPSA) is 50.4 Å². The van der Waals surface area contributed by atoms with E-state index in [-0.39, 0.29) is 18.0 Å². The lowest BCUT2D eigenvalue weighted by Crippen LogP contribution is -2.45. The fraction of sp³-hybridized carbons (Fsp3) is 0.923. The van der Waals surface area contributed by atoms with Crippen molar-refractivity contribution in [3.05, 3.63) is 0 Å². The molecule has 0 aromatic rings. The molecule has 0 saturated heterocycles. The van der Waals surface area contributed by atoms with Gasteiger partial charge in [-0.2, -0.15) is 0 Å². The maximum atomic E-state index is 11.7. The van der Waals surface area contributed by atoms with Gasteiger partial charge in [0.2, 0.25) is 5.91 Å². The van der Waals surface area contributed by atoms with Crippen molar-refractivity contribution < 1.29 is 9.53 Å². The van der Waals surface area contributed by atoms with Crippen LogP contribution in [0.25, 0.3) is 0 Å². The van der Waals surface area contributed by atoms with Crippen molar-refractivity contribution in [1.29, 1.82) is 0 Å². The molecule has 0 saturated carbocycles. The highest BCUT2D eigenvalue weighted by Gasteiger charge is 2.13. The number of hydrogen-bond donors (Lipinski definition) is 2. The lowest BCUT2D eigenvalue weighted by molar-refractivity contribution is -0.123. The quantitative estimate of drug-likeness (QED) is 0.575. The van der Waals surface area contributed by atoms with E-state index >= 15 is 0 Å². The van der Waals surface area contributed by atoms with Crippen molar-refractivity contribution in [2.75, 3.05) is 19.8 Å². The third kappa shape index (κ3) is 9.12. The van der Waals surface area contributed by atoms with Gasteiger partial charge in [-0.25, -0.2) is 0 Å². The number of ether oxygens (including phenoxy) is 1. The summed E-state index contributed by atoms with van der Waals surface area (Å²) < 4.78 is 5.23. The Morgan fingerprint density at radius 2 is 2.00 bits per heavy atom. The Kier molecular flexibility index (Phi) is 10.2. The second-order valence-electron chi connectivity index (χ2n) is 4.42. The third-order valence-electron chi connectivity index (χ3n) is 2.62. The van der Waals surface area contributed by atoms with E-state index in [1.807, 2.05) is 20.8 Å². The van der Waals surface area contributed by atoms with Crippen LogP contribution in [0.1, 0.15) is 47.0 Å². The van der Waals surface area contributed by atoms with Gasteiger partial charge in [-0.15, -0.1) is 0 Å². The predicted octanol–water partition coefficient (Wildman–Crippen LogP) is 1.70. The Hall–Kier alpha value is -0.610. The van der Waals surface area contributed by atoms with Crippen LogP contribution in [0.5, 0.6) is 0 Å². The molecule has 0 bridgehead atoms. The standard InChI is InChI=1S/C13H28N2O2/c1-5-8-11(3)15-13(16)12(4)14-9-7-10-17-6-2/h11-12,14H,5-10H2,1-4H3,(H,15,16). The van der Waals surface area contributed by atoms with Crippen molar-refractivity contribution in [3.63, 3.8) is 0 Å². The molecule has 17 heavy (non-hydrogen) atoms. The Labute approximate surface area is 105 Å². The van der Waals surface area contributed by atoms with Gasteiger partial charge in [0, 0.05) is 19.3 Å². The third-order valence-corrected chi connectivity index (χ3v) is 2.62. The average molecular weight is 244 g/mol. The van der Waals surface area contributed by atoms with Crippen molar-refractivity contribution in [3.8, 4) is 0 Å². The van der Waals surface area contributed by atoms with E-state index in [0.29, 0.717) is 0 Å². The maximum Gasteiger partial charge on any atom is 0.237 e. The highest BCUT2D eigenvalue weighted by molar-refractivity contribution is 5.81. The Balaban J connectivity index is 3.60. The van der Waals surface area contributed by atoms with Crippen LogP contribution in [0.3, 0.4) is 0 Å². The van der Waals surface area contributed by atoms with E-state index in [0.717, 1.165) is 39.0 Å². The minimum Gasteiger partial charge on any atom is -0.382 e. The van der Waals surface area contributed by atoms with Crippen LogP contribution >= 0.6 is 0 Å². The van der Waals surface area contributed by atoms with Gasteiger partial charge in [-0.05, 0) is 40.2 Å². The summed E-state index contributed by atoms with van der Waals surface area (Å²) >= 11 is 0. The molecule has 2 unspecified atom stereocenters. The van der Waals surface area contributed by atoms with Crippen LogP contribution in [0.2, 0.25) is 0 Å². The number of nitrogens with one attached hydrogen (secondary N) is 2. The van der Waals surface area contributed by atoms with E-state index in [1.165, 1.54) is 0 Å². The lowest BCUT2D eigenvalue weighted by Gasteiger charge is -2.18. The summed E-state index contributed by atoms with van der Waals surface area (Å²) in [5.74, 6) is 0.0855. The van der Waals surface area contributed by atoms with Crippen LogP contribution in [0, 0.1) is 0 Å². The minimum atomic E-state index is -0.129. The highest BCUT2D eigenvalue weighted by atomic mass is 16.5. The van der Waals surface area contributed by atoms with Crippen molar-refractivity contribution in [2.45, 2.75) is 59.0 Å². The normalized spacial score (nSPS) is 14.4. The van der Waals surface area contributed by atoms with Crippen LogP contribution in [0.15, 0.2) is 0 Å². The van der Waals surface area contributed by atoms with Gasteiger partial charge in [-0.3, -0.25) is 4.79 Å². The van der Waals surface area contributed by atoms with E-state index < -0.39 is 0 Å². The van der Waals surface area contributed by atoms with Crippen molar-refractivity contribution in [2.24, 2.45) is 0 Å². The van der Waals surface area contributed by atoms with Gasteiger partial charge in [0.1, 0.15) is 0 Å². The van der Waals surface area contributed by atoms with Gasteiger partial charge in [0.05, 0.1) is 6.04 Å². The molecule has 2 atom stereocenters. The molecule has 0 aromatic heterocycles. The average Bonchev–Trinajstić information content (AvgIpc) is 2.28. The van der Waals surface area contributed by atoms with Crippen LogP contribution in [0.4, 0.5) is 0 Å². The lowest BCUT2D eigenvalue weighted by atomic mass is 10.2. The molecule has 4 nitrogen and oxygen atoms in total. The zero-order valence-electron chi connectivity index (χ0n) is 11.7. The molecule has 2 N–H and O–H groups in total. The summed E-state index contributed by atoms with van der Waals surface area (Å²) in [6.45, 7) is 10.4. The Morgan fingerprint density at radius 1 is 1.29 bits per heavy atom. The monoisotopic (exact) mass is 244 g/mol. The zero-order chi connectivity index (χ0) is 13.1. The van der Waals surface area contributed by atoms with Crippen LogP contribution < -0.4 is 10.6 Å². The number of rotatable bonds is 10. The first kappa shape index (κ1) is 16.4. The first-order valence-electron chi connectivity index (χ1n) is 6.73. The van der Waals surface area contributed by atoms with Gasteiger partial charge in [0.25, 0.3) is 0 Å². The van der Waals surface area contributed by atoms with Crippen LogP contribution in [-0.4, -0.2) is 37.7 Å². The first-order valence-corrected chi connectivity index (χ1v) is 6.73. The number of amides is 1. The molecule has 0 aliphatic rings. The largest absolute Gasteiger partial charge is 0.382 e. The molecule has 0 aliphatic heterocycles. The number of carbonyl (C=O) groups is 1. The second-order valence-corrected chi connectivity index (χ2v) is 4.42. The summed E-state index contributed by atoms with van der Waals surface area (Å²) in [6, 6.07) is 0.135. The van der Waals surface area contributed by atoms with Crippen molar-refractivity contribution >= 4 is 5.91 Å². The van der Waals surface area contributed by atoms with Crippen LogP contribution in [-0.2, 0) is 9.53 Å². The highest BCUT2D eigenvalue weighted by Crippen LogP contribution is 1.95. The van der Waals surface area contributed by atoms with Gasteiger partial charge in [-0.1, -0.05) is 13.3 Å². The predicted molar refractivity (Wildman–Crippen MR) is 71.1 cm³/mol. The summed E-state index contributed by atoms with van der Waals surface area (Å²) in [7, 11) is 0. The molecule has 0 fully saturated rings. The summed E-state index contributed by atoms with van der Waals surface area (Å²) in [6.07, 6.45) is 3.07. The molecule has 0 aliphatic carbocycles. The first-order chi connectivity index (χ1) is 8.11. The molecule has 0 spiro atoms. The van der Waals surface area contributed by atoms with E-state index in [2.05, 4.69) is 17.6 Å². The van der Waals surface area contributed by atoms with E-state index in [9.17, 15) is 4.79 Å². The maximum absolute atomic E-state index is 11.7. The Morgan fingerprint density at radius 3 is 2.59 bits per heavy atom. The molecular weight excluding hydrogens is 216 g/mol. The molecule has 0 rings (SSSR count). The fourth-order valence-corrected chi connectivity index (χ4v) is 1.60.